The molecule has 0 spiro atoms. The predicted molar refractivity (Wildman–Crippen MR) is 111 cm³/mol. The summed E-state index contributed by atoms with van der Waals surface area (Å²) in [5.74, 6) is -0.0598. The fourth-order valence-corrected chi connectivity index (χ4v) is 3.76. The van der Waals surface area contributed by atoms with Gasteiger partial charge in [-0.1, -0.05) is 49.8 Å². The van der Waals surface area contributed by atoms with Gasteiger partial charge in [0.2, 0.25) is 5.91 Å². The van der Waals surface area contributed by atoms with Gasteiger partial charge in [0.25, 0.3) is 0 Å². The third-order valence-electron chi connectivity index (χ3n) is 3.61. The molecule has 3 rings (SSSR count). The maximum absolute atomic E-state index is 12.1. The topological polar surface area (TPSA) is 66.9 Å². The fraction of sp³-hybridized carbons (Fsp3) is 0.278. The molecule has 0 radical (unpaired) electrons. The van der Waals surface area contributed by atoms with Gasteiger partial charge in [-0.3, -0.25) is 4.79 Å². The summed E-state index contributed by atoms with van der Waals surface area (Å²) < 4.78 is 0. The van der Waals surface area contributed by atoms with Crippen molar-refractivity contribution in [2.75, 3.05) is 10.6 Å². The lowest BCUT2D eigenvalue weighted by Crippen LogP contribution is -2.27. The van der Waals surface area contributed by atoms with E-state index in [9.17, 15) is 4.79 Å². The highest BCUT2D eigenvalue weighted by Crippen LogP contribution is 2.33. The molecule has 1 aromatic carbocycles. The van der Waals surface area contributed by atoms with Crippen LogP contribution in [0.2, 0.25) is 5.02 Å². The quantitative estimate of drug-likeness (QED) is 0.561. The summed E-state index contributed by atoms with van der Waals surface area (Å²) in [6.45, 7) is 7.62. The summed E-state index contributed by atoms with van der Waals surface area (Å²) in [5.41, 5.74) is 2.39. The largest absolute Gasteiger partial charge is 0.331 e. The lowest BCUT2D eigenvalue weighted by atomic mass is 9.96. The second-order valence-corrected chi connectivity index (χ2v) is 9.18. The van der Waals surface area contributed by atoms with Gasteiger partial charge in [0.15, 0.2) is 10.3 Å². The van der Waals surface area contributed by atoms with Crippen LogP contribution >= 0.6 is 34.3 Å². The third kappa shape index (κ3) is 4.41. The number of anilines is 3. The van der Waals surface area contributed by atoms with Crippen molar-refractivity contribution in [2.24, 2.45) is 5.41 Å². The molecule has 0 aliphatic heterocycles. The first-order valence-electron chi connectivity index (χ1n) is 7.99. The molecule has 8 heteroatoms. The number of carbonyl (C=O) groups is 1. The van der Waals surface area contributed by atoms with Crippen LogP contribution in [0.5, 0.6) is 0 Å². The van der Waals surface area contributed by atoms with E-state index in [0.29, 0.717) is 10.2 Å². The van der Waals surface area contributed by atoms with Crippen molar-refractivity contribution in [3.8, 4) is 10.6 Å². The van der Waals surface area contributed by atoms with Crippen LogP contribution in [-0.2, 0) is 4.79 Å². The van der Waals surface area contributed by atoms with Crippen LogP contribution in [0.3, 0.4) is 0 Å². The molecule has 0 bridgehead atoms. The first-order valence-corrected chi connectivity index (χ1v) is 10.1. The maximum Gasteiger partial charge on any atom is 0.231 e. The Morgan fingerprint density at radius 3 is 2.73 bits per heavy atom. The maximum atomic E-state index is 12.1. The van der Waals surface area contributed by atoms with E-state index in [1.54, 1.807) is 6.20 Å². The monoisotopic (exact) mass is 406 g/mol. The van der Waals surface area contributed by atoms with E-state index in [-0.39, 0.29) is 5.91 Å². The van der Waals surface area contributed by atoms with Crippen LogP contribution in [0.4, 0.5) is 16.0 Å². The van der Waals surface area contributed by atoms with Gasteiger partial charge >= 0.3 is 0 Å². The van der Waals surface area contributed by atoms with E-state index in [1.807, 2.05) is 51.3 Å². The summed E-state index contributed by atoms with van der Waals surface area (Å²) in [6, 6.07) is 5.71. The molecular weight excluding hydrogens is 388 g/mol. The lowest BCUT2D eigenvalue weighted by Gasteiger charge is -2.15. The van der Waals surface area contributed by atoms with Gasteiger partial charge in [0.1, 0.15) is 0 Å². The minimum absolute atomic E-state index is 0.0598. The number of aromatic nitrogens is 2. The molecule has 3 aromatic rings. The van der Waals surface area contributed by atoms with Crippen molar-refractivity contribution in [3.05, 3.63) is 40.4 Å². The first kappa shape index (κ1) is 18.8. The number of carbonyl (C=O) groups excluding carboxylic acids is 1. The minimum Gasteiger partial charge on any atom is -0.331 e. The zero-order chi connectivity index (χ0) is 18.9. The van der Waals surface area contributed by atoms with Crippen molar-refractivity contribution < 1.29 is 4.79 Å². The van der Waals surface area contributed by atoms with Gasteiger partial charge in [-0.15, -0.1) is 11.3 Å². The smallest absolute Gasteiger partial charge is 0.231 e. The number of aryl methyl sites for hydroxylation is 1. The van der Waals surface area contributed by atoms with Crippen molar-refractivity contribution in [2.45, 2.75) is 27.7 Å². The van der Waals surface area contributed by atoms with Crippen molar-refractivity contribution in [1.29, 1.82) is 0 Å². The van der Waals surface area contributed by atoms with Gasteiger partial charge in [-0.05, 0) is 24.6 Å². The van der Waals surface area contributed by atoms with Gasteiger partial charge in [-0.25, -0.2) is 9.97 Å². The molecule has 0 fully saturated rings. The Kier molecular flexibility index (Phi) is 5.32. The van der Waals surface area contributed by atoms with Gasteiger partial charge in [0, 0.05) is 27.7 Å². The van der Waals surface area contributed by atoms with Crippen LogP contribution in [-0.4, -0.2) is 15.9 Å². The molecule has 0 aliphatic rings. The van der Waals surface area contributed by atoms with Crippen LogP contribution in [0.1, 0.15) is 26.3 Å². The predicted octanol–water partition coefficient (Wildman–Crippen LogP) is 5.96. The molecule has 136 valence electrons. The molecule has 0 saturated heterocycles. The summed E-state index contributed by atoms with van der Waals surface area (Å²) in [5, 5.41) is 10.1. The number of hydrogen-bond donors (Lipinski definition) is 2. The molecule has 26 heavy (non-hydrogen) atoms. The Morgan fingerprint density at radius 1 is 1.23 bits per heavy atom. The van der Waals surface area contributed by atoms with Crippen molar-refractivity contribution in [3.63, 3.8) is 0 Å². The number of halogens is 1. The number of thiazole rings is 2. The number of amides is 1. The Bertz CT molecular complexity index is 943. The third-order valence-corrected chi connectivity index (χ3v) is 5.53. The zero-order valence-corrected chi connectivity index (χ0v) is 17.3. The average molecular weight is 407 g/mol. The van der Waals surface area contributed by atoms with E-state index in [1.165, 1.54) is 22.7 Å². The number of nitrogens with one attached hydrogen (secondary N) is 2. The normalized spacial score (nSPS) is 11.4. The molecule has 5 nitrogen and oxygen atoms in total. The average Bonchev–Trinajstić information content (AvgIpc) is 3.19. The Hall–Kier alpha value is -1.96. The van der Waals surface area contributed by atoms with Crippen molar-refractivity contribution >= 4 is 56.1 Å². The molecule has 2 heterocycles. The van der Waals surface area contributed by atoms with Crippen LogP contribution < -0.4 is 10.6 Å². The van der Waals surface area contributed by atoms with Crippen LogP contribution in [0.25, 0.3) is 10.6 Å². The molecule has 0 unspecified atom stereocenters. The van der Waals surface area contributed by atoms with Crippen molar-refractivity contribution in [1.82, 2.24) is 9.97 Å². The van der Waals surface area contributed by atoms with E-state index < -0.39 is 5.41 Å². The van der Waals surface area contributed by atoms with Gasteiger partial charge < -0.3 is 10.6 Å². The first-order chi connectivity index (χ1) is 12.2. The number of benzene rings is 1. The lowest BCUT2D eigenvalue weighted by molar-refractivity contribution is -0.123. The molecule has 1 amide bonds. The van der Waals surface area contributed by atoms with Gasteiger partial charge in [-0.2, -0.15) is 0 Å². The standard InChI is InChI=1S/C18H19ClN4OS2/c1-10-5-6-11(19)7-12(10)21-17-22-13(9-25-17)14-8-20-16(26-14)23-15(24)18(2,3)4/h5-9H,1-4H3,(H,21,22)(H,20,23,24). The van der Waals surface area contributed by atoms with E-state index in [2.05, 4.69) is 20.6 Å². The second-order valence-electron chi connectivity index (χ2n) is 6.86. The Morgan fingerprint density at radius 2 is 2.00 bits per heavy atom. The summed E-state index contributed by atoms with van der Waals surface area (Å²) in [6.07, 6.45) is 1.73. The highest BCUT2D eigenvalue weighted by molar-refractivity contribution is 7.19. The summed E-state index contributed by atoms with van der Waals surface area (Å²) in [7, 11) is 0. The van der Waals surface area contributed by atoms with E-state index in [0.717, 1.165) is 27.0 Å². The molecule has 2 aromatic heterocycles. The molecule has 0 saturated carbocycles. The molecule has 0 atom stereocenters. The second kappa shape index (κ2) is 7.34. The Balaban J connectivity index is 1.74. The molecular formula is C18H19ClN4OS2. The highest BCUT2D eigenvalue weighted by Gasteiger charge is 2.22. The Labute approximate surface area is 165 Å². The van der Waals surface area contributed by atoms with E-state index >= 15 is 0 Å². The van der Waals surface area contributed by atoms with E-state index in [4.69, 9.17) is 11.6 Å². The van der Waals surface area contributed by atoms with Crippen LogP contribution in [0.15, 0.2) is 29.8 Å². The SMILES string of the molecule is Cc1ccc(Cl)cc1Nc1nc(-c2cnc(NC(=O)C(C)(C)C)s2)cs1. The molecule has 0 aliphatic carbocycles. The summed E-state index contributed by atoms with van der Waals surface area (Å²) in [4.78, 5) is 21.9. The number of nitrogens with zero attached hydrogens (tertiary/aromatic N) is 2. The molecule has 2 N–H and O–H groups in total. The summed E-state index contributed by atoms with van der Waals surface area (Å²) >= 11 is 8.98. The van der Waals surface area contributed by atoms with Gasteiger partial charge in [0.05, 0.1) is 10.6 Å². The number of hydrogen-bond acceptors (Lipinski definition) is 6. The minimum atomic E-state index is -0.460. The number of rotatable bonds is 4. The van der Waals surface area contributed by atoms with Crippen LogP contribution in [0, 0.1) is 12.3 Å². The fourth-order valence-electron chi connectivity index (χ4n) is 2.02. The zero-order valence-electron chi connectivity index (χ0n) is 14.9. The highest BCUT2D eigenvalue weighted by atomic mass is 35.5.